The summed E-state index contributed by atoms with van der Waals surface area (Å²) in [4.78, 5) is 0. The Morgan fingerprint density at radius 3 is 2.72 bits per heavy atom. The molecule has 0 radical (unpaired) electrons. The third-order valence-electron chi connectivity index (χ3n) is 3.25. The summed E-state index contributed by atoms with van der Waals surface area (Å²) < 4.78 is 39.4. The van der Waals surface area contributed by atoms with Crippen molar-refractivity contribution in [3.63, 3.8) is 0 Å². The van der Waals surface area contributed by atoms with Crippen molar-refractivity contribution in [2.75, 3.05) is 24.4 Å². The van der Waals surface area contributed by atoms with Gasteiger partial charge in [0.15, 0.2) is 0 Å². The van der Waals surface area contributed by atoms with Gasteiger partial charge in [0.1, 0.15) is 5.82 Å². The van der Waals surface area contributed by atoms with E-state index in [1.807, 2.05) is 0 Å². The van der Waals surface area contributed by atoms with E-state index in [0.717, 1.165) is 17.3 Å². The molecular formula is C12H17FN2O2S. The van der Waals surface area contributed by atoms with Crippen LogP contribution in [0.25, 0.3) is 0 Å². The van der Waals surface area contributed by atoms with Crippen LogP contribution in [0.2, 0.25) is 0 Å². The van der Waals surface area contributed by atoms with Gasteiger partial charge in [-0.2, -0.15) is 0 Å². The minimum atomic E-state index is -3.51. The molecule has 18 heavy (non-hydrogen) atoms. The van der Waals surface area contributed by atoms with Gasteiger partial charge in [0, 0.05) is 13.6 Å². The molecule has 2 rings (SSSR count). The van der Waals surface area contributed by atoms with Crippen LogP contribution in [-0.4, -0.2) is 33.8 Å². The first-order valence-corrected chi connectivity index (χ1v) is 7.47. The standard InChI is InChI=1S/C12H17FN2O2S/c1-15(12-7-3-2-6-11(12)13)18(16,17)10-5-4-8-14-9-10/h2-3,6-7,10,14H,4-5,8-9H2,1H3. The molecule has 1 heterocycles. The highest BCUT2D eigenvalue weighted by molar-refractivity contribution is 7.93. The summed E-state index contributed by atoms with van der Waals surface area (Å²) in [5.74, 6) is -0.521. The molecule has 1 unspecified atom stereocenters. The lowest BCUT2D eigenvalue weighted by molar-refractivity contribution is 0.495. The minimum Gasteiger partial charge on any atom is -0.315 e. The van der Waals surface area contributed by atoms with E-state index < -0.39 is 21.1 Å². The monoisotopic (exact) mass is 272 g/mol. The summed E-state index contributed by atoms with van der Waals surface area (Å²) >= 11 is 0. The van der Waals surface area contributed by atoms with Crippen LogP contribution in [0, 0.1) is 5.82 Å². The lowest BCUT2D eigenvalue weighted by atomic mass is 10.2. The van der Waals surface area contributed by atoms with Crippen molar-refractivity contribution in [3.05, 3.63) is 30.1 Å². The molecule has 0 aliphatic carbocycles. The van der Waals surface area contributed by atoms with Gasteiger partial charge in [0.2, 0.25) is 10.0 Å². The number of halogens is 1. The van der Waals surface area contributed by atoms with Gasteiger partial charge < -0.3 is 5.32 Å². The smallest absolute Gasteiger partial charge is 0.239 e. The average Bonchev–Trinajstić information content (AvgIpc) is 2.39. The highest BCUT2D eigenvalue weighted by Crippen LogP contribution is 2.24. The zero-order valence-electron chi connectivity index (χ0n) is 10.3. The molecule has 1 fully saturated rings. The number of nitrogens with one attached hydrogen (secondary N) is 1. The number of anilines is 1. The number of benzene rings is 1. The quantitative estimate of drug-likeness (QED) is 0.903. The van der Waals surface area contributed by atoms with E-state index in [0.29, 0.717) is 13.0 Å². The molecule has 0 spiro atoms. The van der Waals surface area contributed by atoms with Crippen LogP contribution < -0.4 is 9.62 Å². The Labute approximate surface area is 107 Å². The molecule has 0 bridgehead atoms. The highest BCUT2D eigenvalue weighted by atomic mass is 32.2. The molecule has 0 aromatic heterocycles. The summed E-state index contributed by atoms with van der Waals surface area (Å²) in [7, 11) is -2.10. The van der Waals surface area contributed by atoms with Gasteiger partial charge in [-0.1, -0.05) is 12.1 Å². The number of nitrogens with zero attached hydrogens (tertiary/aromatic N) is 1. The highest BCUT2D eigenvalue weighted by Gasteiger charge is 2.32. The van der Waals surface area contributed by atoms with Gasteiger partial charge in [-0.05, 0) is 31.5 Å². The van der Waals surface area contributed by atoms with E-state index in [-0.39, 0.29) is 5.69 Å². The van der Waals surface area contributed by atoms with E-state index in [1.54, 1.807) is 12.1 Å². The van der Waals surface area contributed by atoms with Crippen LogP contribution in [0.5, 0.6) is 0 Å². The molecule has 1 atom stereocenters. The maximum absolute atomic E-state index is 13.6. The summed E-state index contributed by atoms with van der Waals surface area (Å²) in [5.41, 5.74) is 0.100. The molecule has 6 heteroatoms. The molecule has 1 N–H and O–H groups in total. The van der Waals surface area contributed by atoms with Gasteiger partial charge in [0.05, 0.1) is 10.9 Å². The van der Waals surface area contributed by atoms with Gasteiger partial charge in [-0.25, -0.2) is 12.8 Å². The number of piperidine rings is 1. The third kappa shape index (κ3) is 2.49. The second-order valence-corrected chi connectivity index (χ2v) is 6.68. The normalized spacial score (nSPS) is 20.7. The average molecular weight is 272 g/mol. The Balaban J connectivity index is 2.27. The Hall–Kier alpha value is -1.14. The van der Waals surface area contributed by atoms with Crippen LogP contribution in [0.15, 0.2) is 24.3 Å². The van der Waals surface area contributed by atoms with Crippen LogP contribution in [0.1, 0.15) is 12.8 Å². The van der Waals surface area contributed by atoms with Gasteiger partial charge >= 0.3 is 0 Å². The minimum absolute atomic E-state index is 0.100. The summed E-state index contributed by atoms with van der Waals surface area (Å²) in [6, 6.07) is 5.91. The Kier molecular flexibility index (Phi) is 3.87. The molecule has 0 saturated carbocycles. The van der Waals surface area contributed by atoms with Gasteiger partial charge in [-0.15, -0.1) is 0 Å². The van der Waals surface area contributed by atoms with E-state index in [2.05, 4.69) is 5.32 Å². The molecule has 1 aliphatic heterocycles. The fourth-order valence-electron chi connectivity index (χ4n) is 2.14. The maximum atomic E-state index is 13.6. The first-order chi connectivity index (χ1) is 8.53. The molecule has 1 aromatic carbocycles. The lowest BCUT2D eigenvalue weighted by Gasteiger charge is -2.28. The second kappa shape index (κ2) is 5.24. The maximum Gasteiger partial charge on any atom is 0.239 e. The summed E-state index contributed by atoms with van der Waals surface area (Å²) in [6.07, 6.45) is 1.45. The number of para-hydroxylation sites is 1. The van der Waals surface area contributed by atoms with Gasteiger partial charge in [-0.3, -0.25) is 4.31 Å². The number of rotatable bonds is 3. The van der Waals surface area contributed by atoms with E-state index in [4.69, 9.17) is 0 Å². The summed E-state index contributed by atoms with van der Waals surface area (Å²) in [6.45, 7) is 1.27. The lowest BCUT2D eigenvalue weighted by Crippen LogP contribution is -2.45. The van der Waals surface area contributed by atoms with E-state index >= 15 is 0 Å². The number of hydrogen-bond donors (Lipinski definition) is 1. The Bertz CT molecular complexity index is 513. The predicted octanol–water partition coefficient (Wildman–Crippen LogP) is 1.34. The van der Waals surface area contributed by atoms with Crippen molar-refractivity contribution in [1.29, 1.82) is 0 Å². The number of sulfonamides is 1. The molecule has 1 aromatic rings. The Morgan fingerprint density at radius 2 is 2.11 bits per heavy atom. The van der Waals surface area contributed by atoms with Crippen molar-refractivity contribution in [2.24, 2.45) is 0 Å². The molecule has 100 valence electrons. The zero-order valence-corrected chi connectivity index (χ0v) is 11.1. The van der Waals surface area contributed by atoms with Crippen molar-refractivity contribution in [2.45, 2.75) is 18.1 Å². The van der Waals surface area contributed by atoms with E-state index in [1.165, 1.54) is 19.2 Å². The SMILES string of the molecule is CN(c1ccccc1F)S(=O)(=O)C1CCCNC1. The first-order valence-electron chi connectivity index (χ1n) is 5.96. The predicted molar refractivity (Wildman–Crippen MR) is 69.6 cm³/mol. The van der Waals surface area contributed by atoms with Crippen LogP contribution >= 0.6 is 0 Å². The summed E-state index contributed by atoms with van der Waals surface area (Å²) in [5, 5.41) is 2.59. The van der Waals surface area contributed by atoms with Crippen LogP contribution in [0.3, 0.4) is 0 Å². The van der Waals surface area contributed by atoms with Crippen LogP contribution in [0.4, 0.5) is 10.1 Å². The van der Waals surface area contributed by atoms with Crippen molar-refractivity contribution in [1.82, 2.24) is 5.32 Å². The molecule has 1 saturated heterocycles. The van der Waals surface area contributed by atoms with Crippen LogP contribution in [-0.2, 0) is 10.0 Å². The topological polar surface area (TPSA) is 49.4 Å². The number of hydrogen-bond acceptors (Lipinski definition) is 3. The Morgan fingerprint density at radius 1 is 1.39 bits per heavy atom. The van der Waals surface area contributed by atoms with Crippen molar-refractivity contribution in [3.8, 4) is 0 Å². The van der Waals surface area contributed by atoms with Crippen molar-refractivity contribution < 1.29 is 12.8 Å². The molecule has 1 aliphatic rings. The third-order valence-corrected chi connectivity index (χ3v) is 5.45. The second-order valence-electron chi connectivity index (χ2n) is 4.43. The van der Waals surface area contributed by atoms with Gasteiger partial charge in [0.25, 0.3) is 0 Å². The van der Waals surface area contributed by atoms with Crippen molar-refractivity contribution >= 4 is 15.7 Å². The molecule has 4 nitrogen and oxygen atoms in total. The molecule has 0 amide bonds. The zero-order chi connectivity index (χ0) is 13.2. The fourth-order valence-corrected chi connectivity index (χ4v) is 3.80. The molecular weight excluding hydrogens is 255 g/mol. The first kappa shape index (κ1) is 13.3. The van der Waals surface area contributed by atoms with E-state index in [9.17, 15) is 12.8 Å². The fraction of sp³-hybridized carbons (Fsp3) is 0.500. The largest absolute Gasteiger partial charge is 0.315 e.